The van der Waals surface area contributed by atoms with Crippen molar-refractivity contribution >= 4 is 94.6 Å². The summed E-state index contributed by atoms with van der Waals surface area (Å²) in [5.74, 6) is 0. The van der Waals surface area contributed by atoms with Crippen LogP contribution in [0, 0.1) is 0 Å². The van der Waals surface area contributed by atoms with E-state index in [2.05, 4.69) is 179 Å². The zero-order chi connectivity index (χ0) is 34.2. The Hall–Kier alpha value is -6.32. The van der Waals surface area contributed by atoms with Gasteiger partial charge in [-0.15, -0.1) is 0 Å². The van der Waals surface area contributed by atoms with Gasteiger partial charge in [-0.3, -0.25) is 0 Å². The molecule has 0 saturated heterocycles. The number of benzene rings is 8. The molecule has 8 aromatic carbocycles. The van der Waals surface area contributed by atoms with Crippen LogP contribution in [0.25, 0.3) is 79.9 Å². The molecule has 0 unspecified atom stereocenters. The molecular formula is C48H30N2OSe. The molecule has 0 spiro atoms. The van der Waals surface area contributed by atoms with Crippen molar-refractivity contribution in [1.82, 2.24) is 4.57 Å². The topological polar surface area (TPSA) is 21.3 Å². The molecule has 244 valence electrons. The monoisotopic (exact) mass is 730 g/mol. The first-order chi connectivity index (χ1) is 25.8. The van der Waals surface area contributed by atoms with Gasteiger partial charge in [0, 0.05) is 5.69 Å². The Morgan fingerprint density at radius 2 is 1.02 bits per heavy atom. The molecule has 0 fully saturated rings. The molecule has 0 N–H and O–H groups in total. The average Bonchev–Trinajstić information content (AvgIpc) is 3.87. The number of aromatic nitrogens is 1. The van der Waals surface area contributed by atoms with E-state index in [-0.39, 0.29) is 14.5 Å². The number of fused-ring (bicyclic) bond motifs is 9. The molecule has 0 atom stereocenters. The Labute approximate surface area is 305 Å². The van der Waals surface area contributed by atoms with Gasteiger partial charge in [-0.25, -0.2) is 0 Å². The van der Waals surface area contributed by atoms with Gasteiger partial charge in [0.25, 0.3) is 0 Å². The number of para-hydroxylation sites is 3. The molecule has 0 saturated carbocycles. The van der Waals surface area contributed by atoms with Crippen LogP contribution in [0.4, 0.5) is 17.1 Å². The number of hydrogen-bond donors (Lipinski definition) is 0. The summed E-state index contributed by atoms with van der Waals surface area (Å²) in [6.45, 7) is 0. The van der Waals surface area contributed by atoms with Crippen LogP contribution in [0.1, 0.15) is 0 Å². The summed E-state index contributed by atoms with van der Waals surface area (Å²) >= 11 is 0.268. The van der Waals surface area contributed by atoms with Gasteiger partial charge < -0.3 is 4.57 Å². The van der Waals surface area contributed by atoms with Gasteiger partial charge in [0.15, 0.2) is 0 Å². The number of nitrogens with zero attached hydrogens (tertiary/aromatic N) is 2. The maximum absolute atomic E-state index is 6.23. The third-order valence-corrected chi connectivity index (χ3v) is 12.8. The van der Waals surface area contributed by atoms with Gasteiger partial charge in [-0.1, -0.05) is 36.4 Å². The first-order valence-corrected chi connectivity index (χ1v) is 19.3. The third kappa shape index (κ3) is 4.59. The van der Waals surface area contributed by atoms with Crippen molar-refractivity contribution in [2.24, 2.45) is 0 Å². The van der Waals surface area contributed by atoms with Gasteiger partial charge in [-0.05, 0) is 18.2 Å². The molecule has 0 aliphatic rings. The SMILES string of the molecule is c1ccc(-n2c3ccccc3c3cc(-c4ccc(N(c5ccc6c(c5)[se]c5ccccc56)c5ccc6oc7ccccc7c6c5)cc4)ccc32)cc1. The van der Waals surface area contributed by atoms with E-state index in [4.69, 9.17) is 4.42 Å². The van der Waals surface area contributed by atoms with Gasteiger partial charge in [0.05, 0.1) is 5.52 Å². The quantitative estimate of drug-likeness (QED) is 0.165. The summed E-state index contributed by atoms with van der Waals surface area (Å²) in [4.78, 5) is 2.39. The van der Waals surface area contributed by atoms with Crippen molar-refractivity contribution < 1.29 is 4.42 Å². The Morgan fingerprint density at radius 3 is 1.90 bits per heavy atom. The average molecular weight is 730 g/mol. The van der Waals surface area contributed by atoms with Crippen LogP contribution in [0.3, 0.4) is 0 Å². The predicted octanol–water partition coefficient (Wildman–Crippen LogP) is 13.2. The standard InChI is InChI=1S/C48H30N2OSe/c1-2-10-33(11-3-1)50-43-15-7-4-12-37(43)41-28-32(20-26-44(41)50)31-18-21-34(22-19-31)49(35-24-27-46-42(29-35)38-13-5-8-16-45(38)51-46)36-23-25-40-39-14-6-9-17-47(39)52-48(40)30-36/h1-30H. The molecule has 0 radical (unpaired) electrons. The Kier molecular flexibility index (Phi) is 6.57. The minimum absolute atomic E-state index is 0.268. The van der Waals surface area contributed by atoms with Gasteiger partial charge in [0.1, 0.15) is 0 Å². The predicted molar refractivity (Wildman–Crippen MR) is 220 cm³/mol. The Morgan fingerprint density at radius 1 is 0.385 bits per heavy atom. The number of hydrogen-bond acceptors (Lipinski definition) is 2. The summed E-state index contributed by atoms with van der Waals surface area (Å²) in [7, 11) is 0. The van der Waals surface area contributed by atoms with E-state index in [1.54, 1.807) is 0 Å². The van der Waals surface area contributed by atoms with Crippen LogP contribution in [-0.4, -0.2) is 19.1 Å². The van der Waals surface area contributed by atoms with E-state index in [1.165, 1.54) is 57.9 Å². The van der Waals surface area contributed by atoms with Crippen LogP contribution in [0.5, 0.6) is 0 Å². The van der Waals surface area contributed by atoms with Crippen LogP contribution in [-0.2, 0) is 0 Å². The molecule has 4 heteroatoms. The van der Waals surface area contributed by atoms with Gasteiger partial charge >= 0.3 is 237 Å². The second kappa shape index (κ2) is 11.6. The van der Waals surface area contributed by atoms with Crippen molar-refractivity contribution in [3.8, 4) is 16.8 Å². The number of rotatable bonds is 5. The normalized spacial score (nSPS) is 11.8. The van der Waals surface area contributed by atoms with Crippen LogP contribution in [0.15, 0.2) is 186 Å². The summed E-state index contributed by atoms with van der Waals surface area (Å²) in [6, 6.07) is 66.0. The minimum atomic E-state index is 0.268. The zero-order valence-electron chi connectivity index (χ0n) is 28.0. The Balaban J connectivity index is 1.05. The summed E-state index contributed by atoms with van der Waals surface area (Å²) in [6.07, 6.45) is 0. The van der Waals surface area contributed by atoms with Crippen molar-refractivity contribution in [1.29, 1.82) is 0 Å². The van der Waals surface area contributed by atoms with Crippen molar-refractivity contribution in [3.05, 3.63) is 182 Å². The second-order valence-corrected chi connectivity index (χ2v) is 15.6. The molecule has 11 aromatic rings. The minimum Gasteiger partial charge on any atom is -0.0602 e. The fourth-order valence-corrected chi connectivity index (χ4v) is 10.4. The molecule has 0 amide bonds. The molecule has 0 aliphatic carbocycles. The molecule has 52 heavy (non-hydrogen) atoms. The molecular weight excluding hydrogens is 700 g/mol. The maximum atomic E-state index is 6.23. The number of furan rings is 1. The third-order valence-electron chi connectivity index (χ3n) is 10.4. The fourth-order valence-electron chi connectivity index (χ4n) is 7.96. The summed E-state index contributed by atoms with van der Waals surface area (Å²) in [5, 5.41) is 7.49. The van der Waals surface area contributed by atoms with E-state index in [0.29, 0.717) is 0 Å². The molecule has 3 heterocycles. The number of anilines is 3. The van der Waals surface area contributed by atoms with Crippen LogP contribution in [0.2, 0.25) is 0 Å². The van der Waals surface area contributed by atoms with E-state index < -0.39 is 0 Å². The molecule has 0 aliphatic heterocycles. The van der Waals surface area contributed by atoms with Crippen molar-refractivity contribution in [2.75, 3.05) is 4.90 Å². The fraction of sp³-hybridized carbons (Fsp3) is 0. The van der Waals surface area contributed by atoms with Crippen LogP contribution >= 0.6 is 0 Å². The first-order valence-electron chi connectivity index (χ1n) is 17.6. The smallest absolute Gasteiger partial charge is 0.0602 e. The Bertz CT molecular complexity index is 3130. The van der Waals surface area contributed by atoms with Crippen LogP contribution < -0.4 is 4.90 Å². The molecule has 3 aromatic heterocycles. The van der Waals surface area contributed by atoms with Crippen molar-refractivity contribution in [3.63, 3.8) is 0 Å². The van der Waals surface area contributed by atoms with E-state index >= 15 is 0 Å². The van der Waals surface area contributed by atoms with E-state index in [0.717, 1.165) is 39.0 Å². The molecule has 0 bridgehead atoms. The van der Waals surface area contributed by atoms with E-state index in [9.17, 15) is 0 Å². The summed E-state index contributed by atoms with van der Waals surface area (Å²) < 4.78 is 11.5. The van der Waals surface area contributed by atoms with Gasteiger partial charge in [0.2, 0.25) is 0 Å². The van der Waals surface area contributed by atoms with Crippen molar-refractivity contribution in [2.45, 2.75) is 0 Å². The second-order valence-electron chi connectivity index (χ2n) is 13.4. The molecule has 11 rings (SSSR count). The zero-order valence-corrected chi connectivity index (χ0v) is 29.7. The van der Waals surface area contributed by atoms with E-state index in [1.807, 2.05) is 12.1 Å². The van der Waals surface area contributed by atoms with Gasteiger partial charge in [-0.2, -0.15) is 0 Å². The molecule has 3 nitrogen and oxygen atoms in total. The summed E-state index contributed by atoms with van der Waals surface area (Å²) in [5.41, 5.74) is 11.2. The first kappa shape index (κ1) is 29.4.